The highest BCUT2D eigenvalue weighted by Crippen LogP contribution is 2.24. The average molecular weight is 369 g/mol. The Labute approximate surface area is 156 Å². The first kappa shape index (κ1) is 18.4. The maximum Gasteiger partial charge on any atom is 0.311 e. The van der Waals surface area contributed by atoms with Gasteiger partial charge in [-0.25, -0.2) is 9.37 Å². The number of hydrogen-bond acceptors (Lipinski definition) is 5. The van der Waals surface area contributed by atoms with E-state index in [9.17, 15) is 14.5 Å². The Morgan fingerprint density at radius 3 is 2.59 bits per heavy atom. The van der Waals surface area contributed by atoms with Crippen LogP contribution in [0.4, 0.5) is 21.7 Å². The van der Waals surface area contributed by atoms with Gasteiger partial charge in [-0.2, -0.15) is 0 Å². The van der Waals surface area contributed by atoms with Gasteiger partial charge in [0.25, 0.3) is 0 Å². The van der Waals surface area contributed by atoms with Gasteiger partial charge < -0.3 is 15.2 Å². The summed E-state index contributed by atoms with van der Waals surface area (Å²) < 4.78 is 15.0. The Bertz CT molecular complexity index is 924. The van der Waals surface area contributed by atoms with E-state index < -0.39 is 4.92 Å². The molecule has 2 heterocycles. The Balaban J connectivity index is 1.67. The smallest absolute Gasteiger partial charge is 0.311 e. The summed E-state index contributed by atoms with van der Waals surface area (Å²) in [6, 6.07) is 13.1. The van der Waals surface area contributed by atoms with Crippen LogP contribution in [0.2, 0.25) is 0 Å². The summed E-state index contributed by atoms with van der Waals surface area (Å²) >= 11 is 0. The quantitative estimate of drug-likeness (QED) is 0.467. The van der Waals surface area contributed by atoms with Gasteiger partial charge in [0.15, 0.2) is 0 Å². The van der Waals surface area contributed by atoms with E-state index >= 15 is 0 Å². The van der Waals surface area contributed by atoms with Crippen LogP contribution in [0.15, 0.2) is 54.7 Å². The summed E-state index contributed by atoms with van der Waals surface area (Å²) in [7, 11) is 1.95. The molecule has 3 aromatic rings. The minimum Gasteiger partial charge on any atom is -0.366 e. The molecular formula is C19H20FN5O2. The van der Waals surface area contributed by atoms with Crippen molar-refractivity contribution in [3.8, 4) is 0 Å². The molecule has 0 saturated heterocycles. The summed E-state index contributed by atoms with van der Waals surface area (Å²) in [5, 5.41) is 17.4. The fourth-order valence-corrected chi connectivity index (χ4v) is 2.69. The lowest BCUT2D eigenvalue weighted by molar-refractivity contribution is -0.384. The molecule has 1 aromatic carbocycles. The second kappa shape index (κ2) is 8.31. The zero-order valence-corrected chi connectivity index (χ0v) is 14.9. The van der Waals surface area contributed by atoms with Crippen LogP contribution in [0.5, 0.6) is 0 Å². The Morgan fingerprint density at radius 2 is 1.93 bits per heavy atom. The first-order valence-corrected chi connectivity index (χ1v) is 8.51. The van der Waals surface area contributed by atoms with Gasteiger partial charge >= 0.3 is 5.69 Å². The highest BCUT2D eigenvalue weighted by Gasteiger charge is 2.16. The lowest BCUT2D eigenvalue weighted by Gasteiger charge is -2.10. The molecule has 0 amide bonds. The number of rotatable bonds is 8. The van der Waals surface area contributed by atoms with Gasteiger partial charge in [0.2, 0.25) is 5.82 Å². The van der Waals surface area contributed by atoms with Gasteiger partial charge in [0, 0.05) is 44.5 Å². The van der Waals surface area contributed by atoms with Crippen LogP contribution in [0.25, 0.3) is 0 Å². The number of nitro groups is 1. The lowest BCUT2D eigenvalue weighted by atomic mass is 10.2. The van der Waals surface area contributed by atoms with E-state index in [0.717, 1.165) is 17.7 Å². The third-order valence-corrected chi connectivity index (χ3v) is 4.18. The van der Waals surface area contributed by atoms with Gasteiger partial charge in [-0.15, -0.1) is 0 Å². The van der Waals surface area contributed by atoms with Crippen molar-refractivity contribution in [3.63, 3.8) is 0 Å². The Kier molecular flexibility index (Phi) is 5.65. The molecule has 0 spiro atoms. The van der Waals surface area contributed by atoms with Crippen molar-refractivity contribution in [3.05, 3.63) is 81.9 Å². The van der Waals surface area contributed by atoms with Crippen LogP contribution in [0.3, 0.4) is 0 Å². The van der Waals surface area contributed by atoms with Gasteiger partial charge in [0.05, 0.1) is 4.92 Å². The molecule has 0 unspecified atom stereocenters. The largest absolute Gasteiger partial charge is 0.366 e. The summed E-state index contributed by atoms with van der Waals surface area (Å²) in [6.45, 7) is 0.959. The third-order valence-electron chi connectivity index (χ3n) is 4.18. The fourth-order valence-electron chi connectivity index (χ4n) is 2.69. The normalized spacial score (nSPS) is 10.6. The number of pyridine rings is 1. The molecule has 0 fully saturated rings. The highest BCUT2D eigenvalue weighted by atomic mass is 19.1. The van der Waals surface area contributed by atoms with Crippen LogP contribution in [0, 0.1) is 15.9 Å². The van der Waals surface area contributed by atoms with E-state index in [-0.39, 0.29) is 17.3 Å². The number of halogens is 1. The fraction of sp³-hybridized carbons (Fsp3) is 0.211. The monoisotopic (exact) mass is 369 g/mol. The minimum atomic E-state index is -0.457. The summed E-state index contributed by atoms with van der Waals surface area (Å²) in [5.74, 6) is 0.432. The predicted octanol–water partition coefficient (Wildman–Crippen LogP) is 3.73. The average Bonchev–Trinajstić information content (AvgIpc) is 3.06. The first-order valence-electron chi connectivity index (χ1n) is 8.51. The van der Waals surface area contributed by atoms with Crippen LogP contribution in [0.1, 0.15) is 11.3 Å². The Hall–Kier alpha value is -3.42. The molecule has 3 rings (SSSR count). The number of benzene rings is 1. The van der Waals surface area contributed by atoms with Gasteiger partial charge in [-0.3, -0.25) is 10.1 Å². The lowest BCUT2D eigenvalue weighted by Crippen LogP contribution is -2.11. The van der Waals surface area contributed by atoms with E-state index in [4.69, 9.17) is 0 Å². The zero-order valence-electron chi connectivity index (χ0n) is 14.9. The SMILES string of the molecule is Cn1cccc1CCNc1nc(NCc2ccc(F)cc2)ccc1[N+](=O)[O-]. The number of hydrogen-bond donors (Lipinski definition) is 2. The number of nitrogens with zero attached hydrogens (tertiary/aromatic N) is 3. The van der Waals surface area contributed by atoms with Gasteiger partial charge in [-0.1, -0.05) is 12.1 Å². The van der Waals surface area contributed by atoms with Gasteiger partial charge in [-0.05, 0) is 35.9 Å². The van der Waals surface area contributed by atoms with Crippen molar-refractivity contribution in [2.75, 3.05) is 17.2 Å². The highest BCUT2D eigenvalue weighted by molar-refractivity contribution is 5.60. The molecule has 140 valence electrons. The van der Waals surface area contributed by atoms with Crippen molar-refractivity contribution in [2.24, 2.45) is 7.05 Å². The standard InChI is InChI=1S/C19H20FN5O2/c1-24-12-2-3-16(24)10-11-21-19-17(25(26)27)8-9-18(23-19)22-13-14-4-6-15(20)7-5-14/h2-9,12H,10-11,13H2,1H3,(H2,21,22,23). The summed E-state index contributed by atoms with van der Waals surface area (Å²) in [4.78, 5) is 15.1. The molecule has 0 aliphatic rings. The number of aromatic nitrogens is 2. The third kappa shape index (κ3) is 4.81. The molecule has 0 saturated carbocycles. The molecule has 7 nitrogen and oxygen atoms in total. The van der Waals surface area contributed by atoms with E-state index in [1.807, 2.05) is 29.9 Å². The number of anilines is 2. The molecule has 0 atom stereocenters. The summed E-state index contributed by atoms with van der Waals surface area (Å²) in [5.41, 5.74) is 1.93. The van der Waals surface area contributed by atoms with Crippen molar-refractivity contribution in [1.29, 1.82) is 0 Å². The van der Waals surface area contributed by atoms with Crippen molar-refractivity contribution >= 4 is 17.3 Å². The predicted molar refractivity (Wildman–Crippen MR) is 102 cm³/mol. The summed E-state index contributed by atoms with van der Waals surface area (Å²) in [6.07, 6.45) is 2.67. The molecule has 0 radical (unpaired) electrons. The van der Waals surface area contributed by atoms with Gasteiger partial charge in [0.1, 0.15) is 11.6 Å². The maximum atomic E-state index is 13.0. The van der Waals surface area contributed by atoms with Crippen LogP contribution in [-0.2, 0) is 20.0 Å². The number of aryl methyl sites for hydroxylation is 1. The second-order valence-electron chi connectivity index (χ2n) is 6.09. The van der Waals surface area contributed by atoms with Crippen LogP contribution in [-0.4, -0.2) is 21.0 Å². The van der Waals surface area contributed by atoms with E-state index in [0.29, 0.717) is 18.9 Å². The van der Waals surface area contributed by atoms with Crippen LogP contribution >= 0.6 is 0 Å². The van der Waals surface area contributed by atoms with Crippen molar-refractivity contribution in [2.45, 2.75) is 13.0 Å². The molecular weight excluding hydrogens is 349 g/mol. The van der Waals surface area contributed by atoms with Crippen molar-refractivity contribution < 1.29 is 9.31 Å². The molecule has 8 heteroatoms. The molecule has 2 aromatic heterocycles. The minimum absolute atomic E-state index is 0.0748. The zero-order chi connectivity index (χ0) is 19.2. The molecule has 0 aliphatic heterocycles. The maximum absolute atomic E-state index is 13.0. The Morgan fingerprint density at radius 1 is 1.15 bits per heavy atom. The van der Waals surface area contributed by atoms with E-state index in [2.05, 4.69) is 15.6 Å². The molecule has 0 bridgehead atoms. The topological polar surface area (TPSA) is 85.0 Å². The van der Waals surface area contributed by atoms with Crippen LogP contribution < -0.4 is 10.6 Å². The van der Waals surface area contributed by atoms with Crippen molar-refractivity contribution in [1.82, 2.24) is 9.55 Å². The molecule has 0 aliphatic carbocycles. The van der Waals surface area contributed by atoms with E-state index in [1.54, 1.807) is 18.2 Å². The first-order chi connectivity index (χ1) is 13.0. The van der Waals surface area contributed by atoms with E-state index in [1.165, 1.54) is 18.2 Å². The number of nitrogens with one attached hydrogen (secondary N) is 2. The molecule has 27 heavy (non-hydrogen) atoms. The second-order valence-corrected chi connectivity index (χ2v) is 6.09. The molecule has 2 N–H and O–H groups in total.